The maximum absolute atomic E-state index is 11.7. The van der Waals surface area contributed by atoms with Gasteiger partial charge in [-0.25, -0.2) is 4.98 Å². The second kappa shape index (κ2) is 4.35. The van der Waals surface area contributed by atoms with Crippen LogP contribution in [0.1, 0.15) is 10.5 Å². The number of pyridine rings is 1. The monoisotopic (exact) mass is 215 g/mol. The van der Waals surface area contributed by atoms with E-state index in [0.29, 0.717) is 11.4 Å². The van der Waals surface area contributed by atoms with E-state index in [1.165, 1.54) is 24.8 Å². The van der Waals surface area contributed by atoms with Gasteiger partial charge in [-0.15, -0.1) is 0 Å². The maximum atomic E-state index is 11.7. The van der Waals surface area contributed by atoms with Crippen molar-refractivity contribution in [3.8, 4) is 0 Å². The fraction of sp³-hybridized carbons (Fsp3) is 0. The summed E-state index contributed by atoms with van der Waals surface area (Å²) in [5.74, 6) is -0.356. The first kappa shape index (κ1) is 10.0. The number of carbonyl (C=O) groups is 1. The smallest absolute Gasteiger partial charge is 0.275 e. The van der Waals surface area contributed by atoms with E-state index in [1.54, 1.807) is 12.3 Å². The number of nitrogens with one attached hydrogen (secondary N) is 1. The van der Waals surface area contributed by atoms with Crippen molar-refractivity contribution in [2.24, 2.45) is 0 Å². The Bertz CT molecular complexity index is 500. The lowest BCUT2D eigenvalue weighted by atomic mass is 10.3. The van der Waals surface area contributed by atoms with Crippen molar-refractivity contribution in [3.63, 3.8) is 0 Å². The summed E-state index contributed by atoms with van der Waals surface area (Å²) in [6, 6.07) is 1.61. The third-order valence-corrected chi connectivity index (χ3v) is 1.90. The van der Waals surface area contributed by atoms with Gasteiger partial charge in [-0.05, 0) is 6.07 Å². The van der Waals surface area contributed by atoms with Crippen molar-refractivity contribution in [2.45, 2.75) is 0 Å². The molecule has 6 heteroatoms. The molecule has 2 rings (SSSR count). The molecule has 0 aliphatic heterocycles. The summed E-state index contributed by atoms with van der Waals surface area (Å²) in [4.78, 5) is 23.2. The zero-order valence-corrected chi connectivity index (χ0v) is 8.29. The molecule has 0 unspecified atom stereocenters. The number of nitrogens with two attached hydrogens (primary N) is 1. The minimum atomic E-state index is -0.356. The number of hydrogen-bond acceptors (Lipinski definition) is 5. The quantitative estimate of drug-likeness (QED) is 0.769. The second-order valence-electron chi connectivity index (χ2n) is 3.01. The molecule has 0 spiro atoms. The Hall–Kier alpha value is -2.50. The van der Waals surface area contributed by atoms with Crippen LogP contribution in [0.25, 0.3) is 0 Å². The number of aromatic nitrogens is 3. The van der Waals surface area contributed by atoms with Crippen LogP contribution in [0.4, 0.5) is 11.4 Å². The third-order valence-electron chi connectivity index (χ3n) is 1.90. The average molecular weight is 215 g/mol. The first-order valence-corrected chi connectivity index (χ1v) is 4.54. The molecule has 6 nitrogen and oxygen atoms in total. The lowest BCUT2D eigenvalue weighted by Gasteiger charge is -2.05. The lowest BCUT2D eigenvalue weighted by molar-refractivity contribution is 0.102. The molecule has 2 heterocycles. The number of anilines is 2. The zero-order valence-electron chi connectivity index (χ0n) is 8.29. The molecule has 0 saturated carbocycles. The average Bonchev–Trinajstić information content (AvgIpc) is 2.33. The fourth-order valence-electron chi connectivity index (χ4n) is 1.12. The van der Waals surface area contributed by atoms with Crippen LogP contribution >= 0.6 is 0 Å². The highest BCUT2D eigenvalue weighted by Crippen LogP contribution is 2.15. The van der Waals surface area contributed by atoms with Crippen LogP contribution in [0.2, 0.25) is 0 Å². The molecule has 0 saturated heterocycles. The molecule has 0 aliphatic carbocycles. The molecular formula is C10H9N5O. The van der Waals surface area contributed by atoms with Gasteiger partial charge in [-0.3, -0.25) is 14.8 Å². The van der Waals surface area contributed by atoms with Crippen molar-refractivity contribution in [1.29, 1.82) is 0 Å². The number of amides is 1. The molecule has 0 fully saturated rings. The molecule has 0 aliphatic rings. The normalized spacial score (nSPS) is 9.75. The number of nitrogen functional groups attached to an aromatic ring is 1. The maximum Gasteiger partial charge on any atom is 0.275 e. The molecule has 16 heavy (non-hydrogen) atoms. The molecule has 0 bridgehead atoms. The SMILES string of the molecule is Nc1cnccc1NC(=O)c1cnccn1. The first-order valence-electron chi connectivity index (χ1n) is 4.54. The van der Waals surface area contributed by atoms with E-state index in [-0.39, 0.29) is 11.6 Å². The van der Waals surface area contributed by atoms with E-state index in [2.05, 4.69) is 20.3 Å². The molecule has 80 valence electrons. The van der Waals surface area contributed by atoms with Crippen LogP contribution in [-0.2, 0) is 0 Å². The molecule has 1 amide bonds. The van der Waals surface area contributed by atoms with Crippen LogP contribution in [0.5, 0.6) is 0 Å². The molecule has 0 aromatic carbocycles. The van der Waals surface area contributed by atoms with Gasteiger partial charge in [0.2, 0.25) is 0 Å². The largest absolute Gasteiger partial charge is 0.396 e. The highest BCUT2D eigenvalue weighted by atomic mass is 16.1. The van der Waals surface area contributed by atoms with Crippen molar-refractivity contribution in [3.05, 3.63) is 42.7 Å². The predicted molar refractivity (Wildman–Crippen MR) is 58.6 cm³/mol. The van der Waals surface area contributed by atoms with E-state index < -0.39 is 0 Å². The Morgan fingerprint density at radius 1 is 1.19 bits per heavy atom. The number of rotatable bonds is 2. The van der Waals surface area contributed by atoms with Crippen LogP contribution in [0, 0.1) is 0 Å². The first-order chi connectivity index (χ1) is 7.77. The predicted octanol–water partition coefficient (Wildman–Crippen LogP) is 0.706. The van der Waals surface area contributed by atoms with Gasteiger partial charge >= 0.3 is 0 Å². The summed E-state index contributed by atoms with van der Waals surface area (Å²) in [7, 11) is 0. The van der Waals surface area contributed by atoms with E-state index in [1.807, 2.05) is 0 Å². The minimum Gasteiger partial charge on any atom is -0.396 e. The van der Waals surface area contributed by atoms with E-state index >= 15 is 0 Å². The molecule has 0 atom stereocenters. The van der Waals surface area contributed by atoms with Crippen LogP contribution in [0.3, 0.4) is 0 Å². The van der Waals surface area contributed by atoms with Gasteiger partial charge in [-0.2, -0.15) is 0 Å². The van der Waals surface area contributed by atoms with E-state index in [9.17, 15) is 4.79 Å². The molecule has 2 aromatic rings. The standard InChI is InChI=1S/C10H9N5O/c11-7-5-12-2-1-8(7)15-10(16)9-6-13-3-4-14-9/h1-6H,11H2,(H,12,15,16). The zero-order chi connectivity index (χ0) is 11.4. The molecule has 2 aromatic heterocycles. The summed E-state index contributed by atoms with van der Waals surface area (Å²) < 4.78 is 0. The molecular weight excluding hydrogens is 206 g/mol. The van der Waals surface area contributed by atoms with Gasteiger partial charge in [0, 0.05) is 18.6 Å². The Kier molecular flexibility index (Phi) is 2.73. The Morgan fingerprint density at radius 3 is 2.69 bits per heavy atom. The molecule has 0 radical (unpaired) electrons. The van der Waals surface area contributed by atoms with Gasteiger partial charge in [0.05, 0.1) is 23.8 Å². The topological polar surface area (TPSA) is 93.8 Å². The van der Waals surface area contributed by atoms with Crippen LogP contribution in [0.15, 0.2) is 37.1 Å². The van der Waals surface area contributed by atoms with Gasteiger partial charge in [0.15, 0.2) is 0 Å². The van der Waals surface area contributed by atoms with Crippen molar-refractivity contribution in [1.82, 2.24) is 15.0 Å². The molecule has 3 N–H and O–H groups in total. The highest BCUT2D eigenvalue weighted by Gasteiger charge is 2.08. The summed E-state index contributed by atoms with van der Waals surface area (Å²) in [6.07, 6.45) is 7.34. The second-order valence-corrected chi connectivity index (χ2v) is 3.01. The summed E-state index contributed by atoms with van der Waals surface area (Å²) >= 11 is 0. The summed E-state index contributed by atoms with van der Waals surface area (Å²) in [6.45, 7) is 0. The van der Waals surface area contributed by atoms with Crippen molar-refractivity contribution in [2.75, 3.05) is 11.1 Å². The number of carbonyl (C=O) groups excluding carboxylic acids is 1. The van der Waals surface area contributed by atoms with E-state index in [4.69, 9.17) is 5.73 Å². The lowest BCUT2D eigenvalue weighted by Crippen LogP contribution is -2.14. The third kappa shape index (κ3) is 2.11. The van der Waals surface area contributed by atoms with Crippen molar-refractivity contribution < 1.29 is 4.79 Å². The van der Waals surface area contributed by atoms with Gasteiger partial charge in [0.25, 0.3) is 5.91 Å². The van der Waals surface area contributed by atoms with Gasteiger partial charge < -0.3 is 11.1 Å². The highest BCUT2D eigenvalue weighted by molar-refractivity contribution is 6.04. The Morgan fingerprint density at radius 2 is 2.00 bits per heavy atom. The summed E-state index contributed by atoms with van der Waals surface area (Å²) in [5, 5.41) is 2.62. The Labute approximate surface area is 91.6 Å². The van der Waals surface area contributed by atoms with Gasteiger partial charge in [0.1, 0.15) is 5.69 Å². The van der Waals surface area contributed by atoms with Crippen molar-refractivity contribution >= 4 is 17.3 Å². The van der Waals surface area contributed by atoms with Crippen LogP contribution < -0.4 is 11.1 Å². The number of nitrogens with zero attached hydrogens (tertiary/aromatic N) is 3. The Balaban J connectivity index is 2.18. The van der Waals surface area contributed by atoms with E-state index in [0.717, 1.165) is 0 Å². The fourth-order valence-corrected chi connectivity index (χ4v) is 1.12. The minimum absolute atomic E-state index is 0.235. The van der Waals surface area contributed by atoms with Crippen LogP contribution in [-0.4, -0.2) is 20.9 Å². The summed E-state index contributed by atoms with van der Waals surface area (Å²) in [5.41, 5.74) is 6.78. The number of hydrogen-bond donors (Lipinski definition) is 2. The van der Waals surface area contributed by atoms with Gasteiger partial charge in [-0.1, -0.05) is 0 Å².